The van der Waals surface area contributed by atoms with Crippen molar-refractivity contribution in [3.05, 3.63) is 111 Å². The quantitative estimate of drug-likeness (QED) is 0.0822. The Kier molecular flexibility index (Phi) is 9.00. The van der Waals surface area contributed by atoms with E-state index in [0.717, 1.165) is 38.3 Å². The molecule has 48 heavy (non-hydrogen) atoms. The van der Waals surface area contributed by atoms with Crippen molar-refractivity contribution in [2.45, 2.75) is 53.0 Å². The second kappa shape index (κ2) is 13.6. The van der Waals surface area contributed by atoms with Crippen molar-refractivity contribution in [1.82, 2.24) is 30.2 Å². The van der Waals surface area contributed by atoms with Crippen LogP contribution in [0.15, 0.2) is 72.8 Å². The van der Waals surface area contributed by atoms with Gasteiger partial charge in [0.2, 0.25) is 18.0 Å². The van der Waals surface area contributed by atoms with Crippen LogP contribution in [0, 0.1) is 24.0 Å². The summed E-state index contributed by atoms with van der Waals surface area (Å²) in [6.45, 7) is 5.51. The van der Waals surface area contributed by atoms with E-state index in [4.69, 9.17) is 9.47 Å². The summed E-state index contributed by atoms with van der Waals surface area (Å²) >= 11 is 0. The Hall–Kier alpha value is -6.25. The minimum Gasteiger partial charge on any atom is -0.407 e. The van der Waals surface area contributed by atoms with Crippen LogP contribution >= 0.6 is 0 Å². The zero-order chi connectivity index (χ0) is 33.8. The highest BCUT2D eigenvalue weighted by Gasteiger charge is 2.28. The van der Waals surface area contributed by atoms with E-state index >= 15 is 0 Å². The molecule has 0 radical (unpaired) electrons. The van der Waals surface area contributed by atoms with Gasteiger partial charge in [0, 0.05) is 23.2 Å². The smallest absolute Gasteiger partial charge is 0.407 e. The maximum absolute atomic E-state index is 12.9. The number of aryl methyl sites for hydroxylation is 2. The molecule has 1 atom stereocenters. The molecule has 15 heteroatoms. The van der Waals surface area contributed by atoms with E-state index < -0.39 is 17.5 Å². The van der Waals surface area contributed by atoms with E-state index in [2.05, 4.69) is 30.2 Å². The molecular weight excluding hydrogens is 620 g/mol. The number of amides is 1. The molecule has 1 aliphatic heterocycles. The minimum absolute atomic E-state index is 0.0339. The minimum atomic E-state index is -0.997. The van der Waals surface area contributed by atoms with E-state index in [-0.39, 0.29) is 18.3 Å². The first kappa shape index (κ1) is 31.7. The van der Waals surface area contributed by atoms with Gasteiger partial charge in [-0.25, -0.2) is 14.8 Å². The highest BCUT2D eigenvalue weighted by molar-refractivity contribution is 5.95. The summed E-state index contributed by atoms with van der Waals surface area (Å²) in [6, 6.07) is 21.5. The predicted octanol–water partition coefficient (Wildman–Crippen LogP) is 5.34. The first-order valence-electron chi connectivity index (χ1n) is 15.0. The lowest BCUT2D eigenvalue weighted by Crippen LogP contribution is -2.36. The van der Waals surface area contributed by atoms with Gasteiger partial charge in [-0.05, 0) is 66.8 Å². The number of benzene rings is 3. The second-order valence-electron chi connectivity index (χ2n) is 11.0. The van der Waals surface area contributed by atoms with Crippen LogP contribution in [0.3, 0.4) is 0 Å². The van der Waals surface area contributed by atoms with Gasteiger partial charge in [0.05, 0.1) is 6.54 Å². The van der Waals surface area contributed by atoms with E-state index in [9.17, 15) is 19.7 Å². The average Bonchev–Trinajstić information content (AvgIpc) is 3.57. The maximum Gasteiger partial charge on any atom is 0.515 e. The Morgan fingerprint density at radius 1 is 0.958 bits per heavy atom. The normalized spacial score (nSPS) is 13.1. The molecule has 0 saturated carbocycles. The van der Waals surface area contributed by atoms with Crippen molar-refractivity contribution in [1.29, 1.82) is 0 Å². The summed E-state index contributed by atoms with van der Waals surface area (Å²) in [7, 11) is 0. The molecular formula is C33H30N8O7. The zero-order valence-electron chi connectivity index (χ0n) is 26.3. The molecule has 3 aromatic carbocycles. The van der Waals surface area contributed by atoms with Crippen LogP contribution in [0.25, 0.3) is 22.5 Å². The van der Waals surface area contributed by atoms with Crippen molar-refractivity contribution in [2.24, 2.45) is 0 Å². The molecule has 15 nitrogen and oxygen atoms in total. The first-order valence-corrected chi connectivity index (χ1v) is 15.0. The molecule has 1 amide bonds. The number of hydrogen-bond acceptors (Lipinski definition) is 12. The number of carbonyl (C=O) groups excluding carboxylic acids is 2. The average molecular weight is 651 g/mol. The number of tetrazole rings is 1. The maximum atomic E-state index is 12.9. The Balaban J connectivity index is 1.12. The third kappa shape index (κ3) is 7.09. The largest absolute Gasteiger partial charge is 0.515 e. The lowest BCUT2D eigenvalue weighted by molar-refractivity contribution is -0.763. The third-order valence-electron chi connectivity index (χ3n) is 7.70. The van der Waals surface area contributed by atoms with Crippen molar-refractivity contribution >= 4 is 17.9 Å². The fourth-order valence-corrected chi connectivity index (χ4v) is 5.36. The monoisotopic (exact) mass is 650 g/mol. The SMILES string of the molecule is Cc1nc(C)c2c(n1)N(Cc1ccc(-c3ccccc3-c3nnn(C(C)OC(=O)Oc4ccc(CO[N+](=O)[O-])cc4)n3)cc1)C(=O)CC2. The molecule has 244 valence electrons. The number of anilines is 1. The molecule has 1 unspecified atom stereocenters. The molecule has 0 spiro atoms. The Labute approximate surface area is 274 Å². The van der Waals surface area contributed by atoms with Gasteiger partial charge in [-0.3, -0.25) is 9.69 Å². The molecule has 0 bridgehead atoms. The summed E-state index contributed by atoms with van der Waals surface area (Å²) in [6.07, 6.45) is -0.882. The van der Waals surface area contributed by atoms with Gasteiger partial charge in [-0.1, -0.05) is 60.7 Å². The van der Waals surface area contributed by atoms with Crippen LogP contribution in [0.4, 0.5) is 10.6 Å². The van der Waals surface area contributed by atoms with Crippen molar-refractivity contribution < 1.29 is 29.0 Å². The van der Waals surface area contributed by atoms with Gasteiger partial charge in [0.25, 0.3) is 5.09 Å². The summed E-state index contributed by atoms with van der Waals surface area (Å²) < 4.78 is 10.5. The van der Waals surface area contributed by atoms with Crippen LogP contribution < -0.4 is 9.64 Å². The van der Waals surface area contributed by atoms with Gasteiger partial charge in [0.1, 0.15) is 24.0 Å². The number of aromatic nitrogens is 6. The molecule has 0 saturated heterocycles. The number of rotatable bonds is 10. The summed E-state index contributed by atoms with van der Waals surface area (Å²) in [4.78, 5) is 51.9. The number of hydrogen-bond donors (Lipinski definition) is 0. The molecule has 1 aliphatic rings. The lowest BCUT2D eigenvalue weighted by Gasteiger charge is -2.29. The molecule has 3 heterocycles. The van der Waals surface area contributed by atoms with Crippen LogP contribution in [-0.4, -0.2) is 47.3 Å². The van der Waals surface area contributed by atoms with Gasteiger partial charge in [-0.2, -0.15) is 0 Å². The van der Waals surface area contributed by atoms with Gasteiger partial charge in [0.15, 0.2) is 0 Å². The molecule has 0 N–H and O–H groups in total. The van der Waals surface area contributed by atoms with Crippen molar-refractivity contribution in [2.75, 3.05) is 4.90 Å². The van der Waals surface area contributed by atoms with E-state index in [1.54, 1.807) is 11.8 Å². The van der Waals surface area contributed by atoms with Crippen molar-refractivity contribution in [3.63, 3.8) is 0 Å². The molecule has 6 rings (SSSR count). The third-order valence-corrected chi connectivity index (χ3v) is 7.70. The fourth-order valence-electron chi connectivity index (χ4n) is 5.36. The van der Waals surface area contributed by atoms with E-state index in [1.807, 2.05) is 62.4 Å². The first-order chi connectivity index (χ1) is 23.1. The topological polar surface area (TPSA) is 178 Å². The predicted molar refractivity (Wildman–Crippen MR) is 170 cm³/mol. The van der Waals surface area contributed by atoms with Crippen LogP contribution in [0.5, 0.6) is 5.75 Å². The summed E-state index contributed by atoms with van der Waals surface area (Å²) in [5, 5.41) is 22.2. The Bertz CT molecular complexity index is 1980. The number of nitrogens with zero attached hydrogens (tertiary/aromatic N) is 8. The molecule has 5 aromatic rings. The van der Waals surface area contributed by atoms with Gasteiger partial charge < -0.3 is 14.3 Å². The summed E-state index contributed by atoms with van der Waals surface area (Å²) in [5.41, 5.74) is 5.88. The van der Waals surface area contributed by atoms with Gasteiger partial charge >= 0.3 is 6.16 Å². The molecule has 2 aromatic heterocycles. The lowest BCUT2D eigenvalue weighted by atomic mass is 9.98. The highest BCUT2D eigenvalue weighted by atomic mass is 16.9. The standard InChI is InChI=1S/C33H30N8O7/c1-20-27-16-17-30(42)39(32(27)35-21(2)34-20)18-23-8-12-25(13-9-23)28-6-4-5-7-29(28)31-36-38-40(37-31)22(3)47-33(43)48-26-14-10-24(11-15-26)19-46-41(44)45/h4-15,22H,16-19H2,1-3H3. The Morgan fingerprint density at radius 3 is 2.40 bits per heavy atom. The van der Waals surface area contributed by atoms with Crippen LogP contribution in [0.2, 0.25) is 0 Å². The van der Waals surface area contributed by atoms with Crippen LogP contribution in [0.1, 0.15) is 47.8 Å². The summed E-state index contributed by atoms with van der Waals surface area (Å²) in [5.74, 6) is 1.86. The molecule has 0 aliphatic carbocycles. The number of carbonyl (C=O) groups is 2. The van der Waals surface area contributed by atoms with Crippen LogP contribution in [-0.2, 0) is 33.9 Å². The van der Waals surface area contributed by atoms with Crippen molar-refractivity contribution in [3.8, 4) is 28.3 Å². The molecule has 0 fully saturated rings. The van der Waals surface area contributed by atoms with E-state index in [0.29, 0.717) is 42.4 Å². The zero-order valence-corrected chi connectivity index (χ0v) is 26.3. The fraction of sp³-hybridized carbons (Fsp3) is 0.242. The van der Waals surface area contributed by atoms with Gasteiger partial charge in [-0.15, -0.1) is 25.1 Å². The number of ether oxygens (including phenoxy) is 2. The second-order valence-corrected chi connectivity index (χ2v) is 11.0. The number of fused-ring (bicyclic) bond motifs is 1. The highest BCUT2D eigenvalue weighted by Crippen LogP contribution is 2.32. The Morgan fingerprint density at radius 2 is 1.67 bits per heavy atom. The van der Waals surface area contributed by atoms with E-state index in [1.165, 1.54) is 24.3 Å².